The van der Waals surface area contributed by atoms with Gasteiger partial charge in [-0.3, -0.25) is 4.79 Å². The second-order valence-electron chi connectivity index (χ2n) is 4.74. The quantitative estimate of drug-likeness (QED) is 0.697. The summed E-state index contributed by atoms with van der Waals surface area (Å²) in [4.78, 5) is 17.3. The topological polar surface area (TPSA) is 42.0 Å². The molecular formula is C15H9BrN2OS2. The number of fused-ring (bicyclic) bond motifs is 1. The summed E-state index contributed by atoms with van der Waals surface area (Å²) in [5.41, 5.74) is 3.98. The molecule has 0 aliphatic carbocycles. The Kier molecular flexibility index (Phi) is 3.17. The monoisotopic (exact) mass is 376 g/mol. The molecule has 3 aromatic rings. The first-order valence-electron chi connectivity index (χ1n) is 6.33. The van der Waals surface area contributed by atoms with E-state index in [1.807, 2.05) is 18.2 Å². The van der Waals surface area contributed by atoms with Crippen molar-refractivity contribution in [1.29, 1.82) is 0 Å². The predicted octanol–water partition coefficient (Wildman–Crippen LogP) is 4.80. The van der Waals surface area contributed by atoms with Crippen molar-refractivity contribution in [2.45, 2.75) is 6.42 Å². The normalized spacial score (nSPS) is 13.3. The molecule has 1 aromatic carbocycles. The molecule has 4 rings (SSSR count). The third-order valence-corrected chi connectivity index (χ3v) is 5.95. The average Bonchev–Trinajstić information content (AvgIpc) is 3.15. The van der Waals surface area contributed by atoms with E-state index in [-0.39, 0.29) is 5.91 Å². The van der Waals surface area contributed by atoms with E-state index in [1.165, 1.54) is 0 Å². The number of aromatic nitrogens is 1. The lowest BCUT2D eigenvalue weighted by Crippen LogP contribution is -2.03. The van der Waals surface area contributed by atoms with Gasteiger partial charge in [0.1, 0.15) is 5.01 Å². The van der Waals surface area contributed by atoms with Crippen LogP contribution in [0.2, 0.25) is 0 Å². The van der Waals surface area contributed by atoms with E-state index in [0.29, 0.717) is 6.42 Å². The maximum absolute atomic E-state index is 11.4. The Morgan fingerprint density at radius 1 is 1.24 bits per heavy atom. The van der Waals surface area contributed by atoms with Crippen LogP contribution < -0.4 is 5.32 Å². The van der Waals surface area contributed by atoms with Gasteiger partial charge < -0.3 is 5.32 Å². The van der Waals surface area contributed by atoms with Gasteiger partial charge in [-0.2, -0.15) is 0 Å². The minimum absolute atomic E-state index is 0.0598. The van der Waals surface area contributed by atoms with Gasteiger partial charge in [0, 0.05) is 16.6 Å². The van der Waals surface area contributed by atoms with Gasteiger partial charge in [0.15, 0.2) is 0 Å². The summed E-state index contributed by atoms with van der Waals surface area (Å²) < 4.78 is 1.11. The standard InChI is InChI=1S/C15H9BrN2OS2/c16-13-4-3-12(21-13)15-18-11(7-20-15)8-1-2-10-9(5-8)6-14(19)17-10/h1-5,7H,6H2,(H,17,19). The molecule has 0 atom stereocenters. The van der Waals surface area contributed by atoms with Crippen molar-refractivity contribution in [3.05, 3.63) is 45.1 Å². The highest BCUT2D eigenvalue weighted by molar-refractivity contribution is 9.11. The molecule has 3 nitrogen and oxygen atoms in total. The Balaban J connectivity index is 1.70. The molecule has 0 bridgehead atoms. The zero-order valence-corrected chi connectivity index (χ0v) is 13.9. The number of thiophene rings is 1. The van der Waals surface area contributed by atoms with Crippen LogP contribution in [0.4, 0.5) is 5.69 Å². The zero-order chi connectivity index (χ0) is 14.4. The molecule has 3 heterocycles. The minimum atomic E-state index is 0.0598. The first-order chi connectivity index (χ1) is 10.2. The van der Waals surface area contributed by atoms with E-state index >= 15 is 0 Å². The summed E-state index contributed by atoms with van der Waals surface area (Å²) in [6, 6.07) is 10.1. The number of amides is 1. The smallest absolute Gasteiger partial charge is 0.228 e. The second kappa shape index (κ2) is 5.05. The Bertz CT molecular complexity index is 853. The molecule has 1 N–H and O–H groups in total. The molecule has 1 aliphatic rings. The molecule has 0 saturated heterocycles. The van der Waals surface area contributed by atoms with E-state index in [0.717, 1.165) is 36.2 Å². The first kappa shape index (κ1) is 13.2. The van der Waals surface area contributed by atoms with Gasteiger partial charge >= 0.3 is 0 Å². The van der Waals surface area contributed by atoms with Crippen molar-refractivity contribution >= 4 is 50.2 Å². The van der Waals surface area contributed by atoms with Gasteiger partial charge in [-0.25, -0.2) is 4.98 Å². The lowest BCUT2D eigenvalue weighted by Gasteiger charge is -2.01. The van der Waals surface area contributed by atoms with Crippen molar-refractivity contribution in [3.63, 3.8) is 0 Å². The highest BCUT2D eigenvalue weighted by Crippen LogP contribution is 2.36. The zero-order valence-electron chi connectivity index (χ0n) is 10.7. The number of hydrogen-bond acceptors (Lipinski definition) is 4. The van der Waals surface area contributed by atoms with Crippen LogP contribution in [-0.2, 0) is 11.2 Å². The summed E-state index contributed by atoms with van der Waals surface area (Å²) in [5.74, 6) is 0.0598. The van der Waals surface area contributed by atoms with Crippen LogP contribution in [0.5, 0.6) is 0 Å². The van der Waals surface area contributed by atoms with Gasteiger partial charge in [-0.15, -0.1) is 22.7 Å². The van der Waals surface area contributed by atoms with Gasteiger partial charge in [0.05, 0.1) is 20.8 Å². The number of nitrogens with zero attached hydrogens (tertiary/aromatic N) is 1. The van der Waals surface area contributed by atoms with Crippen LogP contribution in [0.15, 0.2) is 39.5 Å². The summed E-state index contributed by atoms with van der Waals surface area (Å²) in [6.45, 7) is 0. The van der Waals surface area contributed by atoms with Gasteiger partial charge in [-0.05, 0) is 45.8 Å². The van der Waals surface area contributed by atoms with Crippen molar-refractivity contribution < 1.29 is 4.79 Å². The summed E-state index contributed by atoms with van der Waals surface area (Å²) in [6.07, 6.45) is 0.456. The van der Waals surface area contributed by atoms with E-state index in [4.69, 9.17) is 4.98 Å². The third kappa shape index (κ3) is 2.43. The number of benzene rings is 1. The van der Waals surface area contributed by atoms with Crippen LogP contribution in [0, 0.1) is 0 Å². The Labute approximate surface area is 137 Å². The van der Waals surface area contributed by atoms with Gasteiger partial charge in [0.2, 0.25) is 5.91 Å². The van der Waals surface area contributed by atoms with E-state index in [9.17, 15) is 4.79 Å². The number of hydrogen-bond donors (Lipinski definition) is 1. The molecular weight excluding hydrogens is 368 g/mol. The van der Waals surface area contributed by atoms with Crippen molar-refractivity contribution in [2.75, 3.05) is 5.32 Å². The second-order valence-corrected chi connectivity index (χ2v) is 8.06. The van der Waals surface area contributed by atoms with Crippen molar-refractivity contribution in [2.24, 2.45) is 0 Å². The van der Waals surface area contributed by atoms with Gasteiger partial charge in [0.25, 0.3) is 0 Å². The van der Waals surface area contributed by atoms with Crippen LogP contribution >= 0.6 is 38.6 Å². The highest BCUT2D eigenvalue weighted by Gasteiger charge is 2.18. The fourth-order valence-electron chi connectivity index (χ4n) is 2.34. The van der Waals surface area contributed by atoms with Crippen molar-refractivity contribution in [3.8, 4) is 21.1 Å². The number of rotatable bonds is 2. The number of nitrogens with one attached hydrogen (secondary N) is 1. The van der Waals surface area contributed by atoms with E-state index in [1.54, 1.807) is 22.7 Å². The molecule has 0 fully saturated rings. The summed E-state index contributed by atoms with van der Waals surface area (Å²) >= 11 is 6.80. The molecule has 0 unspecified atom stereocenters. The fraction of sp³-hybridized carbons (Fsp3) is 0.0667. The average molecular weight is 377 g/mol. The molecule has 0 spiro atoms. The maximum Gasteiger partial charge on any atom is 0.228 e. The molecule has 1 aliphatic heterocycles. The minimum Gasteiger partial charge on any atom is -0.326 e. The van der Waals surface area contributed by atoms with Crippen LogP contribution in [0.1, 0.15) is 5.56 Å². The Morgan fingerprint density at radius 3 is 2.95 bits per heavy atom. The largest absolute Gasteiger partial charge is 0.326 e. The number of carbonyl (C=O) groups is 1. The fourth-order valence-corrected chi connectivity index (χ4v) is 4.62. The molecule has 0 saturated carbocycles. The van der Waals surface area contributed by atoms with Crippen LogP contribution in [0.3, 0.4) is 0 Å². The number of carbonyl (C=O) groups excluding carboxylic acids is 1. The van der Waals surface area contributed by atoms with E-state index < -0.39 is 0 Å². The van der Waals surface area contributed by atoms with Crippen LogP contribution in [-0.4, -0.2) is 10.9 Å². The van der Waals surface area contributed by atoms with Crippen LogP contribution in [0.25, 0.3) is 21.1 Å². The highest BCUT2D eigenvalue weighted by atomic mass is 79.9. The van der Waals surface area contributed by atoms with Gasteiger partial charge in [-0.1, -0.05) is 6.07 Å². The lowest BCUT2D eigenvalue weighted by molar-refractivity contribution is -0.115. The summed E-state index contributed by atoms with van der Waals surface area (Å²) in [7, 11) is 0. The molecule has 0 radical (unpaired) electrons. The van der Waals surface area contributed by atoms with E-state index in [2.05, 4.69) is 38.8 Å². The third-order valence-electron chi connectivity index (χ3n) is 3.31. The number of anilines is 1. The lowest BCUT2D eigenvalue weighted by atomic mass is 10.1. The summed E-state index contributed by atoms with van der Waals surface area (Å²) in [5, 5.41) is 5.94. The molecule has 21 heavy (non-hydrogen) atoms. The number of thiazole rings is 1. The first-order valence-corrected chi connectivity index (χ1v) is 8.82. The Hall–Kier alpha value is -1.50. The molecule has 1 amide bonds. The predicted molar refractivity (Wildman–Crippen MR) is 90.9 cm³/mol. The maximum atomic E-state index is 11.4. The molecule has 6 heteroatoms. The van der Waals surface area contributed by atoms with Crippen molar-refractivity contribution in [1.82, 2.24) is 4.98 Å². The Morgan fingerprint density at radius 2 is 2.14 bits per heavy atom. The molecule has 2 aromatic heterocycles. The SMILES string of the molecule is O=C1Cc2cc(-c3csc(-c4ccc(Br)s4)n3)ccc2N1. The molecule has 104 valence electrons. The number of halogens is 1.